The number of ether oxygens (including phenoxy) is 1. The molecule has 0 atom stereocenters. The van der Waals surface area contributed by atoms with Gasteiger partial charge in [0.15, 0.2) is 0 Å². The monoisotopic (exact) mass is 360 g/mol. The normalized spacial score (nSPS) is 10.1. The fourth-order valence-corrected chi connectivity index (χ4v) is 2.87. The second-order valence-corrected chi connectivity index (χ2v) is 6.91. The molecule has 0 saturated carbocycles. The van der Waals surface area contributed by atoms with Crippen molar-refractivity contribution in [3.05, 3.63) is 77.9 Å². The largest absolute Gasteiger partial charge is 0.494 e. The molecule has 0 spiro atoms. The summed E-state index contributed by atoms with van der Waals surface area (Å²) in [4.78, 5) is 0. The van der Waals surface area contributed by atoms with Gasteiger partial charge in [-0.3, -0.25) is 0 Å². The zero-order valence-electron chi connectivity index (χ0n) is 16.7. The molecule has 0 amide bonds. The maximum atomic E-state index is 5.74. The van der Waals surface area contributed by atoms with Crippen LogP contribution >= 0.6 is 0 Å². The van der Waals surface area contributed by atoms with Crippen LogP contribution in [0.4, 0.5) is 0 Å². The van der Waals surface area contributed by atoms with Crippen molar-refractivity contribution in [3.8, 4) is 17.6 Å². The van der Waals surface area contributed by atoms with E-state index in [4.69, 9.17) is 4.74 Å². The van der Waals surface area contributed by atoms with Gasteiger partial charge in [-0.15, -0.1) is 6.58 Å². The summed E-state index contributed by atoms with van der Waals surface area (Å²) in [6.45, 7) is 6.76. The standard InChI is InChI=1S/C26H32O/c1-3-5-7-8-9-11-23-12-14-24(15-13-23)16-17-25-18-20-26(21-19-25)27-22-10-6-4-2/h3,12-15,18-21H,1,4-11,22H2,2H3. The molecule has 0 heterocycles. The van der Waals surface area contributed by atoms with Crippen molar-refractivity contribution in [2.24, 2.45) is 0 Å². The van der Waals surface area contributed by atoms with Gasteiger partial charge in [-0.1, -0.05) is 56.2 Å². The Bertz CT molecular complexity index is 714. The lowest BCUT2D eigenvalue weighted by atomic mass is 10.0. The molecule has 0 unspecified atom stereocenters. The van der Waals surface area contributed by atoms with Crippen LogP contribution in [0.1, 0.15) is 68.6 Å². The first-order valence-electron chi connectivity index (χ1n) is 10.3. The Morgan fingerprint density at radius 3 is 2.11 bits per heavy atom. The van der Waals surface area contributed by atoms with E-state index in [0.29, 0.717) is 0 Å². The molecule has 0 aromatic heterocycles. The smallest absolute Gasteiger partial charge is 0.119 e. The van der Waals surface area contributed by atoms with Crippen molar-refractivity contribution in [2.75, 3.05) is 6.61 Å². The summed E-state index contributed by atoms with van der Waals surface area (Å²) in [6.07, 6.45) is 11.6. The lowest BCUT2D eigenvalue weighted by Crippen LogP contribution is -1.96. The van der Waals surface area contributed by atoms with Crippen molar-refractivity contribution in [1.82, 2.24) is 0 Å². The van der Waals surface area contributed by atoms with Crippen LogP contribution in [0.15, 0.2) is 61.2 Å². The lowest BCUT2D eigenvalue weighted by Gasteiger charge is -2.05. The summed E-state index contributed by atoms with van der Waals surface area (Å²) in [7, 11) is 0. The van der Waals surface area contributed by atoms with Crippen LogP contribution in [0.25, 0.3) is 0 Å². The van der Waals surface area contributed by atoms with Crippen LogP contribution in [0.3, 0.4) is 0 Å². The minimum absolute atomic E-state index is 0.791. The van der Waals surface area contributed by atoms with E-state index < -0.39 is 0 Å². The molecule has 0 saturated heterocycles. The van der Waals surface area contributed by atoms with Gasteiger partial charge in [0.1, 0.15) is 5.75 Å². The molecule has 0 fully saturated rings. The number of hydrogen-bond acceptors (Lipinski definition) is 1. The number of aryl methyl sites for hydroxylation is 1. The van der Waals surface area contributed by atoms with E-state index in [0.717, 1.165) is 42.7 Å². The molecule has 1 heteroatoms. The van der Waals surface area contributed by atoms with Gasteiger partial charge in [0, 0.05) is 11.1 Å². The van der Waals surface area contributed by atoms with Gasteiger partial charge in [0.2, 0.25) is 0 Å². The molecule has 1 nitrogen and oxygen atoms in total. The van der Waals surface area contributed by atoms with Crippen LogP contribution in [-0.4, -0.2) is 6.61 Å². The Morgan fingerprint density at radius 1 is 0.815 bits per heavy atom. The van der Waals surface area contributed by atoms with Crippen molar-refractivity contribution in [1.29, 1.82) is 0 Å². The Labute approximate surface area is 165 Å². The van der Waals surface area contributed by atoms with Crippen molar-refractivity contribution < 1.29 is 4.74 Å². The van der Waals surface area contributed by atoms with Crippen LogP contribution < -0.4 is 4.74 Å². The van der Waals surface area contributed by atoms with Crippen LogP contribution in [0.5, 0.6) is 5.75 Å². The third kappa shape index (κ3) is 8.65. The SMILES string of the molecule is C=CCCCCCc1ccc(C#Cc2ccc(OCCCCC)cc2)cc1. The zero-order valence-corrected chi connectivity index (χ0v) is 16.7. The van der Waals surface area contributed by atoms with E-state index in [9.17, 15) is 0 Å². The Hall–Kier alpha value is -2.46. The van der Waals surface area contributed by atoms with Gasteiger partial charge in [0.05, 0.1) is 6.61 Å². The topological polar surface area (TPSA) is 9.23 Å². The zero-order chi connectivity index (χ0) is 19.2. The molecule has 0 N–H and O–H groups in total. The highest BCUT2D eigenvalue weighted by atomic mass is 16.5. The molecule has 2 aromatic carbocycles. The minimum atomic E-state index is 0.791. The Balaban J connectivity index is 1.79. The molecule has 27 heavy (non-hydrogen) atoms. The summed E-state index contributed by atoms with van der Waals surface area (Å²) in [5.41, 5.74) is 3.47. The first-order valence-corrected chi connectivity index (χ1v) is 10.3. The van der Waals surface area contributed by atoms with E-state index in [1.807, 2.05) is 30.3 Å². The molecule has 0 bridgehead atoms. The molecular weight excluding hydrogens is 328 g/mol. The van der Waals surface area contributed by atoms with E-state index in [1.165, 1.54) is 37.7 Å². The Morgan fingerprint density at radius 2 is 1.48 bits per heavy atom. The fourth-order valence-electron chi connectivity index (χ4n) is 2.87. The highest BCUT2D eigenvalue weighted by Crippen LogP contribution is 2.13. The number of hydrogen-bond donors (Lipinski definition) is 0. The molecule has 2 rings (SSSR count). The average Bonchev–Trinajstić information content (AvgIpc) is 2.71. The van der Waals surface area contributed by atoms with Crippen LogP contribution in [0, 0.1) is 11.8 Å². The number of allylic oxidation sites excluding steroid dienone is 1. The molecule has 0 aliphatic carbocycles. The highest BCUT2D eigenvalue weighted by molar-refractivity contribution is 5.44. The van der Waals surface area contributed by atoms with Gasteiger partial charge in [-0.05, 0) is 74.1 Å². The fraction of sp³-hybridized carbons (Fsp3) is 0.385. The first-order chi connectivity index (χ1) is 13.3. The van der Waals surface area contributed by atoms with Crippen LogP contribution in [0.2, 0.25) is 0 Å². The van der Waals surface area contributed by atoms with E-state index >= 15 is 0 Å². The molecule has 0 aliphatic rings. The maximum Gasteiger partial charge on any atom is 0.119 e. The van der Waals surface area contributed by atoms with Gasteiger partial charge in [-0.2, -0.15) is 0 Å². The summed E-state index contributed by atoms with van der Waals surface area (Å²) >= 11 is 0. The molecule has 2 aromatic rings. The lowest BCUT2D eigenvalue weighted by molar-refractivity contribution is 0.306. The third-order valence-electron chi connectivity index (χ3n) is 4.55. The van der Waals surface area contributed by atoms with Gasteiger partial charge >= 0.3 is 0 Å². The van der Waals surface area contributed by atoms with Gasteiger partial charge < -0.3 is 4.74 Å². The average molecular weight is 361 g/mol. The van der Waals surface area contributed by atoms with E-state index in [2.05, 4.69) is 49.6 Å². The predicted molar refractivity (Wildman–Crippen MR) is 116 cm³/mol. The molecule has 0 aliphatic heterocycles. The van der Waals surface area contributed by atoms with Crippen LogP contribution in [-0.2, 0) is 6.42 Å². The Kier molecular flexibility index (Phi) is 9.90. The second kappa shape index (κ2) is 12.8. The summed E-state index contributed by atoms with van der Waals surface area (Å²) in [5.74, 6) is 7.41. The van der Waals surface area contributed by atoms with Crippen molar-refractivity contribution in [3.63, 3.8) is 0 Å². The quantitative estimate of drug-likeness (QED) is 0.239. The summed E-state index contributed by atoms with van der Waals surface area (Å²) < 4.78 is 5.74. The van der Waals surface area contributed by atoms with Gasteiger partial charge in [-0.25, -0.2) is 0 Å². The number of benzene rings is 2. The molecule has 0 radical (unpaired) electrons. The van der Waals surface area contributed by atoms with Crippen molar-refractivity contribution in [2.45, 2.75) is 58.3 Å². The minimum Gasteiger partial charge on any atom is -0.494 e. The van der Waals surface area contributed by atoms with E-state index in [1.54, 1.807) is 0 Å². The summed E-state index contributed by atoms with van der Waals surface area (Å²) in [6, 6.07) is 16.7. The third-order valence-corrected chi connectivity index (χ3v) is 4.55. The maximum absolute atomic E-state index is 5.74. The van der Waals surface area contributed by atoms with Crippen molar-refractivity contribution >= 4 is 0 Å². The van der Waals surface area contributed by atoms with E-state index in [-0.39, 0.29) is 0 Å². The number of rotatable bonds is 11. The summed E-state index contributed by atoms with van der Waals surface area (Å²) in [5, 5.41) is 0. The molecule has 142 valence electrons. The number of unbranched alkanes of at least 4 members (excludes halogenated alkanes) is 5. The van der Waals surface area contributed by atoms with Gasteiger partial charge in [0.25, 0.3) is 0 Å². The first kappa shape index (κ1) is 20.8. The predicted octanol–water partition coefficient (Wildman–Crippen LogP) is 6.94. The highest BCUT2D eigenvalue weighted by Gasteiger charge is 1.96. The molecular formula is C26H32O. The second-order valence-electron chi connectivity index (χ2n) is 6.91.